The van der Waals surface area contributed by atoms with Crippen molar-refractivity contribution >= 4 is 15.9 Å². The first kappa shape index (κ1) is 14.0. The minimum atomic E-state index is 0.123. The molecule has 1 N–H and O–H groups in total. The first-order valence-electron chi connectivity index (χ1n) is 6.47. The van der Waals surface area contributed by atoms with Gasteiger partial charge in [-0.25, -0.2) is 0 Å². The summed E-state index contributed by atoms with van der Waals surface area (Å²) < 4.78 is 6.71. The van der Waals surface area contributed by atoms with E-state index < -0.39 is 0 Å². The maximum atomic E-state index is 8.73. The lowest BCUT2D eigenvalue weighted by Gasteiger charge is -2.31. The lowest BCUT2D eigenvalue weighted by atomic mass is 10.1. The Morgan fingerprint density at radius 1 is 1.33 bits per heavy atom. The van der Waals surface area contributed by atoms with Gasteiger partial charge in [-0.15, -0.1) is 0 Å². The molecule has 1 heterocycles. The molecular weight excluding hydrogens is 294 g/mol. The molecule has 1 aromatic carbocycles. The second-order valence-electron chi connectivity index (χ2n) is 4.70. The molecule has 1 aliphatic rings. The van der Waals surface area contributed by atoms with Crippen molar-refractivity contribution in [2.75, 3.05) is 26.3 Å². The molecule has 0 unspecified atom stereocenters. The number of halogens is 1. The van der Waals surface area contributed by atoms with E-state index in [0.717, 1.165) is 36.9 Å². The van der Waals surface area contributed by atoms with Crippen LogP contribution in [0.3, 0.4) is 0 Å². The molecule has 0 radical (unpaired) electrons. The Bertz CT molecular complexity index is 365. The zero-order chi connectivity index (χ0) is 12.8. The molecule has 1 fully saturated rings. The number of hydrogen-bond acceptors (Lipinski definition) is 3. The van der Waals surface area contributed by atoms with Crippen LogP contribution in [0, 0.1) is 0 Å². The molecule has 4 heteroatoms. The van der Waals surface area contributed by atoms with Crippen LogP contribution in [0.5, 0.6) is 0 Å². The summed E-state index contributed by atoms with van der Waals surface area (Å²) in [5, 5.41) is 8.73. The summed E-state index contributed by atoms with van der Waals surface area (Å²) in [5.41, 5.74) is 1.35. The van der Waals surface area contributed by atoms with Crippen LogP contribution in [-0.4, -0.2) is 42.4 Å². The molecule has 0 bridgehead atoms. The van der Waals surface area contributed by atoms with Gasteiger partial charge in [-0.2, -0.15) is 0 Å². The smallest absolute Gasteiger partial charge is 0.0701 e. The van der Waals surface area contributed by atoms with Crippen LogP contribution in [0.1, 0.15) is 18.4 Å². The summed E-state index contributed by atoms with van der Waals surface area (Å²) in [7, 11) is 0. The van der Waals surface area contributed by atoms with E-state index in [2.05, 4.69) is 45.1 Å². The average molecular weight is 314 g/mol. The number of benzene rings is 1. The molecule has 100 valence electrons. The number of nitrogens with zero attached hydrogens (tertiary/aromatic N) is 1. The molecule has 3 nitrogen and oxygen atoms in total. The van der Waals surface area contributed by atoms with E-state index in [0.29, 0.717) is 12.7 Å². The molecule has 0 atom stereocenters. The summed E-state index contributed by atoms with van der Waals surface area (Å²) >= 11 is 3.50. The molecule has 18 heavy (non-hydrogen) atoms. The van der Waals surface area contributed by atoms with Crippen LogP contribution in [0.25, 0.3) is 0 Å². The summed E-state index contributed by atoms with van der Waals surface area (Å²) in [4.78, 5) is 2.46. The number of aliphatic hydroxyl groups excluding tert-OH is 1. The maximum absolute atomic E-state index is 8.73. The van der Waals surface area contributed by atoms with Gasteiger partial charge in [0.15, 0.2) is 0 Å². The van der Waals surface area contributed by atoms with E-state index in [1.165, 1.54) is 5.56 Å². The van der Waals surface area contributed by atoms with E-state index >= 15 is 0 Å². The molecule has 0 aliphatic carbocycles. The van der Waals surface area contributed by atoms with Crippen LogP contribution in [-0.2, 0) is 11.3 Å². The number of rotatable bonds is 5. The SMILES string of the molecule is OCCOC1CCN(Cc2cccc(Br)c2)CC1. The lowest BCUT2D eigenvalue weighted by molar-refractivity contribution is -0.00901. The number of piperidine rings is 1. The number of likely N-dealkylation sites (tertiary alicyclic amines) is 1. The quantitative estimate of drug-likeness (QED) is 0.906. The van der Waals surface area contributed by atoms with Crippen molar-refractivity contribution in [3.63, 3.8) is 0 Å². The number of aliphatic hydroxyl groups is 1. The van der Waals surface area contributed by atoms with Gasteiger partial charge in [0.1, 0.15) is 0 Å². The Labute approximate surface area is 117 Å². The van der Waals surface area contributed by atoms with Crippen LogP contribution >= 0.6 is 15.9 Å². The van der Waals surface area contributed by atoms with Crippen molar-refractivity contribution in [3.8, 4) is 0 Å². The van der Waals surface area contributed by atoms with Crippen LogP contribution in [0.2, 0.25) is 0 Å². The minimum absolute atomic E-state index is 0.123. The van der Waals surface area contributed by atoms with Crippen molar-refractivity contribution in [2.24, 2.45) is 0 Å². The van der Waals surface area contributed by atoms with E-state index in [-0.39, 0.29) is 6.61 Å². The Hall–Kier alpha value is -0.420. The van der Waals surface area contributed by atoms with Crippen molar-refractivity contribution in [3.05, 3.63) is 34.3 Å². The van der Waals surface area contributed by atoms with Crippen LogP contribution < -0.4 is 0 Å². The van der Waals surface area contributed by atoms with Gasteiger partial charge in [0.25, 0.3) is 0 Å². The van der Waals surface area contributed by atoms with E-state index in [1.54, 1.807) is 0 Å². The summed E-state index contributed by atoms with van der Waals surface area (Å²) in [6.45, 7) is 3.74. The summed E-state index contributed by atoms with van der Waals surface area (Å²) in [6.07, 6.45) is 2.46. The molecule has 0 saturated carbocycles. The van der Waals surface area contributed by atoms with Gasteiger partial charge in [-0.1, -0.05) is 28.1 Å². The molecule has 0 aromatic heterocycles. The number of hydrogen-bond donors (Lipinski definition) is 1. The number of ether oxygens (including phenoxy) is 1. The van der Waals surface area contributed by atoms with Crippen molar-refractivity contribution in [1.29, 1.82) is 0 Å². The van der Waals surface area contributed by atoms with Crippen LogP contribution in [0.15, 0.2) is 28.7 Å². The molecule has 1 aromatic rings. The van der Waals surface area contributed by atoms with Gasteiger partial charge < -0.3 is 9.84 Å². The fourth-order valence-electron chi connectivity index (χ4n) is 2.35. The van der Waals surface area contributed by atoms with E-state index in [1.807, 2.05) is 0 Å². The zero-order valence-corrected chi connectivity index (χ0v) is 12.1. The highest BCUT2D eigenvalue weighted by Crippen LogP contribution is 2.18. The largest absolute Gasteiger partial charge is 0.394 e. The van der Waals surface area contributed by atoms with Crippen molar-refractivity contribution in [1.82, 2.24) is 4.90 Å². The molecule has 0 spiro atoms. The minimum Gasteiger partial charge on any atom is -0.394 e. The predicted molar refractivity (Wildman–Crippen MR) is 75.5 cm³/mol. The lowest BCUT2D eigenvalue weighted by Crippen LogP contribution is -2.36. The first-order valence-corrected chi connectivity index (χ1v) is 7.26. The van der Waals surface area contributed by atoms with Gasteiger partial charge in [0.2, 0.25) is 0 Å². The second-order valence-corrected chi connectivity index (χ2v) is 5.62. The van der Waals surface area contributed by atoms with Gasteiger partial charge >= 0.3 is 0 Å². The molecule has 0 amide bonds. The highest BCUT2D eigenvalue weighted by Gasteiger charge is 2.19. The highest BCUT2D eigenvalue weighted by atomic mass is 79.9. The Morgan fingerprint density at radius 3 is 2.78 bits per heavy atom. The third-order valence-electron chi connectivity index (χ3n) is 3.27. The van der Waals surface area contributed by atoms with Crippen molar-refractivity contribution in [2.45, 2.75) is 25.5 Å². The van der Waals surface area contributed by atoms with Gasteiger partial charge in [0, 0.05) is 24.1 Å². The fraction of sp³-hybridized carbons (Fsp3) is 0.571. The third kappa shape index (κ3) is 4.35. The molecule has 1 aliphatic heterocycles. The summed E-state index contributed by atoms with van der Waals surface area (Å²) in [5.74, 6) is 0. The first-order chi connectivity index (χ1) is 8.78. The Kier molecular flexibility index (Phi) is 5.63. The summed E-state index contributed by atoms with van der Waals surface area (Å²) in [6, 6.07) is 8.47. The molecule has 1 saturated heterocycles. The van der Waals surface area contributed by atoms with Gasteiger partial charge in [-0.05, 0) is 30.5 Å². The normalized spacial score (nSPS) is 18.1. The molecule has 2 rings (SSSR count). The topological polar surface area (TPSA) is 32.7 Å². The zero-order valence-electron chi connectivity index (χ0n) is 10.5. The predicted octanol–water partition coefficient (Wildman–Crippen LogP) is 2.42. The van der Waals surface area contributed by atoms with E-state index in [9.17, 15) is 0 Å². The van der Waals surface area contributed by atoms with E-state index in [4.69, 9.17) is 9.84 Å². The monoisotopic (exact) mass is 313 g/mol. The highest BCUT2D eigenvalue weighted by molar-refractivity contribution is 9.10. The molecular formula is C14H20BrNO2. The fourth-order valence-corrected chi connectivity index (χ4v) is 2.79. The van der Waals surface area contributed by atoms with Crippen molar-refractivity contribution < 1.29 is 9.84 Å². The third-order valence-corrected chi connectivity index (χ3v) is 3.77. The van der Waals surface area contributed by atoms with Crippen LogP contribution in [0.4, 0.5) is 0 Å². The maximum Gasteiger partial charge on any atom is 0.0701 e. The van der Waals surface area contributed by atoms with Gasteiger partial charge in [-0.3, -0.25) is 4.90 Å². The van der Waals surface area contributed by atoms with Gasteiger partial charge in [0.05, 0.1) is 19.3 Å². The average Bonchev–Trinajstić information content (AvgIpc) is 2.38. The Balaban J connectivity index is 1.76. The standard InChI is InChI=1S/C14H20BrNO2/c15-13-3-1-2-12(10-13)11-16-6-4-14(5-7-16)18-9-8-17/h1-3,10,14,17H,4-9,11H2. The Morgan fingerprint density at radius 2 is 2.11 bits per heavy atom. The second kappa shape index (κ2) is 7.24.